The van der Waals surface area contributed by atoms with Crippen molar-refractivity contribution in [3.63, 3.8) is 0 Å². The summed E-state index contributed by atoms with van der Waals surface area (Å²) in [6.07, 6.45) is 4.28. The van der Waals surface area contributed by atoms with Crippen LogP contribution in [0.2, 0.25) is 0 Å². The Morgan fingerprint density at radius 3 is 2.58 bits per heavy atom. The van der Waals surface area contributed by atoms with Crippen molar-refractivity contribution in [2.24, 2.45) is 0 Å². The van der Waals surface area contributed by atoms with Crippen molar-refractivity contribution in [1.82, 2.24) is 10.3 Å². The molecule has 0 radical (unpaired) electrons. The maximum Gasteiger partial charge on any atom is 0.255 e. The number of furan rings is 1. The zero-order valence-electron chi connectivity index (χ0n) is 18.6. The van der Waals surface area contributed by atoms with E-state index in [4.69, 9.17) is 4.42 Å². The number of nitrogens with zero attached hydrogens (tertiary/aromatic N) is 1. The largest absolute Gasteiger partial charge is 0.469 e. The molecule has 2 unspecified atom stereocenters. The van der Waals surface area contributed by atoms with Gasteiger partial charge in [0.05, 0.1) is 6.26 Å². The van der Waals surface area contributed by atoms with E-state index in [0.717, 1.165) is 28.3 Å². The summed E-state index contributed by atoms with van der Waals surface area (Å²) in [6.45, 7) is 3.91. The third kappa shape index (κ3) is 4.00. The average Bonchev–Trinajstić information content (AvgIpc) is 3.34. The summed E-state index contributed by atoms with van der Waals surface area (Å²) in [6, 6.07) is 17.2. The monoisotopic (exact) mass is 439 g/mol. The van der Waals surface area contributed by atoms with Crippen LogP contribution in [-0.4, -0.2) is 16.7 Å². The fourth-order valence-electron chi connectivity index (χ4n) is 4.78. The van der Waals surface area contributed by atoms with Gasteiger partial charge in [0.1, 0.15) is 11.6 Å². The Kier molecular flexibility index (Phi) is 5.42. The maximum atomic E-state index is 13.5. The minimum Gasteiger partial charge on any atom is -0.469 e. The van der Waals surface area contributed by atoms with Crippen molar-refractivity contribution in [2.45, 2.75) is 38.5 Å². The molecule has 166 valence electrons. The molecule has 33 heavy (non-hydrogen) atoms. The quantitative estimate of drug-likeness (QED) is 0.599. The molecule has 1 aromatic carbocycles. The number of nitrogens with one attached hydrogen (secondary N) is 2. The average molecular weight is 440 g/mol. The summed E-state index contributed by atoms with van der Waals surface area (Å²) in [4.78, 5) is 31.2. The number of benzene rings is 1. The van der Waals surface area contributed by atoms with E-state index in [0.29, 0.717) is 29.8 Å². The number of hydrogen-bond acceptors (Lipinski definition) is 5. The molecule has 3 aromatic rings. The first kappa shape index (κ1) is 20.9. The second kappa shape index (κ2) is 8.54. The molecular weight excluding hydrogens is 414 g/mol. The Labute approximate surface area is 192 Å². The smallest absolute Gasteiger partial charge is 0.255 e. The molecule has 1 aliphatic carbocycles. The molecule has 6 heteroatoms. The maximum absolute atomic E-state index is 13.5. The minimum absolute atomic E-state index is 0.0193. The highest BCUT2D eigenvalue weighted by Crippen LogP contribution is 2.45. The number of hydrogen-bond donors (Lipinski definition) is 2. The lowest BCUT2D eigenvalue weighted by Gasteiger charge is -2.36. The van der Waals surface area contributed by atoms with Crippen LogP contribution in [-0.2, 0) is 9.59 Å². The fourth-order valence-corrected chi connectivity index (χ4v) is 4.78. The molecule has 1 amide bonds. The number of dihydropyridines is 1. The fraction of sp³-hybridized carbons (Fsp3) is 0.222. The van der Waals surface area contributed by atoms with Gasteiger partial charge in [-0.3, -0.25) is 9.59 Å². The van der Waals surface area contributed by atoms with Crippen molar-refractivity contribution < 1.29 is 14.0 Å². The third-order valence-electron chi connectivity index (χ3n) is 6.33. The minimum atomic E-state index is -0.449. The van der Waals surface area contributed by atoms with Crippen LogP contribution in [0, 0.1) is 6.92 Å². The van der Waals surface area contributed by atoms with Crippen molar-refractivity contribution in [2.75, 3.05) is 5.32 Å². The van der Waals surface area contributed by atoms with E-state index in [9.17, 15) is 9.59 Å². The SMILES string of the molecule is CC1=C(C(=O)Nc2ccccn2)C(c2ccc(C)cc2)C2=C(CC(c3ccco3)CC2=O)N1. The molecule has 2 N–H and O–H groups in total. The molecule has 0 spiro atoms. The number of pyridine rings is 1. The van der Waals surface area contributed by atoms with Gasteiger partial charge in [-0.2, -0.15) is 0 Å². The van der Waals surface area contributed by atoms with Crippen molar-refractivity contribution >= 4 is 17.5 Å². The number of carbonyl (C=O) groups excluding carboxylic acids is 2. The molecule has 0 bridgehead atoms. The van der Waals surface area contributed by atoms with Gasteiger partial charge in [0, 0.05) is 47.0 Å². The second-order valence-corrected chi connectivity index (χ2v) is 8.61. The van der Waals surface area contributed by atoms with E-state index in [1.165, 1.54) is 0 Å². The normalized spacial score (nSPS) is 20.4. The van der Waals surface area contributed by atoms with E-state index in [-0.39, 0.29) is 17.6 Å². The molecule has 0 fully saturated rings. The summed E-state index contributed by atoms with van der Waals surface area (Å²) in [5.41, 5.74) is 4.84. The van der Waals surface area contributed by atoms with E-state index in [1.54, 1.807) is 24.6 Å². The van der Waals surface area contributed by atoms with Crippen LogP contribution in [0.25, 0.3) is 0 Å². The molecule has 0 saturated carbocycles. The number of Topliss-reactive ketones (excluding diaryl/α,β-unsaturated/α-hetero) is 1. The van der Waals surface area contributed by atoms with Gasteiger partial charge >= 0.3 is 0 Å². The number of aromatic nitrogens is 1. The Balaban J connectivity index is 1.57. The summed E-state index contributed by atoms with van der Waals surface area (Å²) < 4.78 is 5.59. The standard InChI is InChI=1S/C27H25N3O3/c1-16-8-10-18(11-9-16)25-24(27(32)30-23-7-3-4-12-28-23)17(2)29-20-14-19(15-21(31)26(20)25)22-6-5-13-33-22/h3-13,19,25,29H,14-15H2,1-2H3,(H,28,30,32). The first-order chi connectivity index (χ1) is 16.0. The highest BCUT2D eigenvalue weighted by atomic mass is 16.3. The van der Waals surface area contributed by atoms with Gasteiger partial charge in [-0.1, -0.05) is 35.9 Å². The molecule has 2 aromatic heterocycles. The zero-order valence-corrected chi connectivity index (χ0v) is 18.6. The van der Waals surface area contributed by atoms with Gasteiger partial charge in [-0.05, 0) is 50.1 Å². The molecule has 6 nitrogen and oxygen atoms in total. The topological polar surface area (TPSA) is 84.2 Å². The Hall–Kier alpha value is -3.93. The Morgan fingerprint density at radius 1 is 1.06 bits per heavy atom. The van der Waals surface area contributed by atoms with Gasteiger partial charge in [0.15, 0.2) is 5.78 Å². The zero-order chi connectivity index (χ0) is 22.9. The van der Waals surface area contributed by atoms with Crippen LogP contribution in [0.3, 0.4) is 0 Å². The van der Waals surface area contributed by atoms with Gasteiger partial charge in [-0.15, -0.1) is 0 Å². The number of rotatable bonds is 4. The van der Waals surface area contributed by atoms with E-state index >= 15 is 0 Å². The lowest BCUT2D eigenvalue weighted by molar-refractivity contribution is -0.116. The van der Waals surface area contributed by atoms with Gasteiger partial charge < -0.3 is 15.1 Å². The predicted octanol–water partition coefficient (Wildman–Crippen LogP) is 4.98. The molecule has 2 aliphatic rings. The summed E-state index contributed by atoms with van der Waals surface area (Å²) >= 11 is 0. The number of amides is 1. The number of allylic oxidation sites excluding steroid dienone is 3. The van der Waals surface area contributed by atoms with Crippen molar-refractivity contribution in [3.05, 3.63) is 106 Å². The van der Waals surface area contributed by atoms with Crippen LogP contribution >= 0.6 is 0 Å². The molecule has 5 rings (SSSR count). The predicted molar refractivity (Wildman–Crippen MR) is 125 cm³/mol. The van der Waals surface area contributed by atoms with E-state index < -0.39 is 5.92 Å². The van der Waals surface area contributed by atoms with E-state index in [1.807, 2.05) is 56.3 Å². The van der Waals surface area contributed by atoms with Gasteiger partial charge in [0.25, 0.3) is 5.91 Å². The first-order valence-electron chi connectivity index (χ1n) is 11.1. The highest BCUT2D eigenvalue weighted by Gasteiger charge is 2.41. The molecule has 1 aliphatic heterocycles. The highest BCUT2D eigenvalue weighted by molar-refractivity contribution is 6.09. The second-order valence-electron chi connectivity index (χ2n) is 8.61. The lowest BCUT2D eigenvalue weighted by atomic mass is 9.72. The molecular formula is C27H25N3O3. The van der Waals surface area contributed by atoms with Crippen LogP contribution in [0.1, 0.15) is 48.5 Å². The summed E-state index contributed by atoms with van der Waals surface area (Å²) in [7, 11) is 0. The van der Waals surface area contributed by atoms with E-state index in [2.05, 4.69) is 15.6 Å². The number of anilines is 1. The molecule has 0 saturated heterocycles. The van der Waals surface area contributed by atoms with Crippen molar-refractivity contribution in [1.29, 1.82) is 0 Å². The van der Waals surface area contributed by atoms with Crippen LogP contribution in [0.15, 0.2) is 94.0 Å². The van der Waals surface area contributed by atoms with Crippen LogP contribution in [0.4, 0.5) is 5.82 Å². The number of aryl methyl sites for hydroxylation is 1. The Bertz CT molecular complexity index is 1260. The number of carbonyl (C=O) groups is 2. The van der Waals surface area contributed by atoms with Gasteiger partial charge in [0.2, 0.25) is 0 Å². The number of ketones is 1. The lowest BCUT2D eigenvalue weighted by Crippen LogP contribution is -2.37. The summed E-state index contributed by atoms with van der Waals surface area (Å²) in [5, 5.41) is 6.28. The summed E-state index contributed by atoms with van der Waals surface area (Å²) in [5.74, 6) is 0.579. The third-order valence-corrected chi connectivity index (χ3v) is 6.33. The first-order valence-corrected chi connectivity index (χ1v) is 11.1. The molecule has 2 atom stereocenters. The van der Waals surface area contributed by atoms with Crippen molar-refractivity contribution in [3.8, 4) is 0 Å². The van der Waals surface area contributed by atoms with Crippen LogP contribution < -0.4 is 10.6 Å². The molecule has 3 heterocycles. The van der Waals surface area contributed by atoms with Gasteiger partial charge in [-0.25, -0.2) is 4.98 Å². The van der Waals surface area contributed by atoms with Crippen LogP contribution in [0.5, 0.6) is 0 Å². The Morgan fingerprint density at radius 2 is 1.88 bits per heavy atom.